The smallest absolute Gasteiger partial charge is 0.294 e. The van der Waals surface area contributed by atoms with Gasteiger partial charge in [0.1, 0.15) is 0 Å². The predicted octanol–water partition coefficient (Wildman–Crippen LogP) is 6.28. The van der Waals surface area contributed by atoms with Crippen LogP contribution in [0.1, 0.15) is 11.1 Å². The van der Waals surface area contributed by atoms with Crippen LogP contribution < -0.4 is 9.60 Å². The Balaban J connectivity index is 1.39. The molecule has 0 aliphatic carbocycles. The van der Waals surface area contributed by atoms with Gasteiger partial charge in [0.05, 0.1) is 31.7 Å². The SMILES string of the molecule is O=c1sc2cc(S(=O)(=O)NCCSCc3ccc(Cl)c(Cl)c3)ccc2n1Cc1ccc(Cl)cc1. The first-order valence-electron chi connectivity index (χ1n) is 10.1. The normalized spacial score (nSPS) is 11.9. The first kappa shape index (κ1) is 25.6. The van der Waals surface area contributed by atoms with Gasteiger partial charge in [-0.3, -0.25) is 9.36 Å². The van der Waals surface area contributed by atoms with E-state index >= 15 is 0 Å². The highest BCUT2D eigenvalue weighted by atomic mass is 35.5. The Kier molecular flexibility index (Phi) is 8.30. The molecule has 11 heteroatoms. The van der Waals surface area contributed by atoms with Crippen molar-refractivity contribution in [2.45, 2.75) is 17.2 Å². The van der Waals surface area contributed by atoms with Gasteiger partial charge in [0.25, 0.3) is 0 Å². The number of rotatable bonds is 9. The van der Waals surface area contributed by atoms with Crippen LogP contribution in [0.15, 0.2) is 70.4 Å². The fraction of sp³-hybridized carbons (Fsp3) is 0.174. The summed E-state index contributed by atoms with van der Waals surface area (Å²) in [6.07, 6.45) is 0. The van der Waals surface area contributed by atoms with Gasteiger partial charge in [0, 0.05) is 23.1 Å². The van der Waals surface area contributed by atoms with E-state index in [1.807, 2.05) is 18.2 Å². The zero-order chi connectivity index (χ0) is 24.3. The molecule has 0 saturated carbocycles. The highest BCUT2D eigenvalue weighted by molar-refractivity contribution is 7.98. The van der Waals surface area contributed by atoms with E-state index in [4.69, 9.17) is 34.8 Å². The Labute approximate surface area is 220 Å². The largest absolute Gasteiger partial charge is 0.308 e. The monoisotopic (exact) mass is 572 g/mol. The van der Waals surface area contributed by atoms with Crippen molar-refractivity contribution in [3.05, 3.63) is 96.5 Å². The van der Waals surface area contributed by atoms with E-state index in [1.165, 1.54) is 6.07 Å². The van der Waals surface area contributed by atoms with Crippen molar-refractivity contribution in [2.24, 2.45) is 0 Å². The third-order valence-corrected chi connectivity index (χ3v) is 9.42. The highest BCUT2D eigenvalue weighted by Crippen LogP contribution is 2.25. The van der Waals surface area contributed by atoms with Crippen LogP contribution >= 0.6 is 57.9 Å². The summed E-state index contributed by atoms with van der Waals surface area (Å²) in [6, 6.07) is 17.5. The number of thiazole rings is 1. The number of thioether (sulfide) groups is 1. The van der Waals surface area contributed by atoms with E-state index in [2.05, 4.69) is 4.72 Å². The second-order valence-electron chi connectivity index (χ2n) is 7.41. The average molecular weight is 574 g/mol. The Morgan fingerprint density at radius 3 is 2.38 bits per heavy atom. The van der Waals surface area contributed by atoms with Crippen LogP contribution in [0.2, 0.25) is 15.1 Å². The van der Waals surface area contributed by atoms with Gasteiger partial charge < -0.3 is 0 Å². The van der Waals surface area contributed by atoms with E-state index in [0.717, 1.165) is 22.5 Å². The van der Waals surface area contributed by atoms with Crippen LogP contribution in [0.5, 0.6) is 0 Å². The number of halogens is 3. The highest BCUT2D eigenvalue weighted by Gasteiger charge is 2.16. The van der Waals surface area contributed by atoms with Crippen LogP contribution in [0, 0.1) is 0 Å². The van der Waals surface area contributed by atoms with Gasteiger partial charge in [-0.2, -0.15) is 11.8 Å². The number of nitrogens with zero attached hydrogens (tertiary/aromatic N) is 1. The lowest BCUT2D eigenvalue weighted by atomic mass is 10.2. The minimum atomic E-state index is -3.70. The predicted molar refractivity (Wildman–Crippen MR) is 144 cm³/mol. The molecule has 5 nitrogen and oxygen atoms in total. The molecule has 0 unspecified atom stereocenters. The van der Waals surface area contributed by atoms with Gasteiger partial charge in [-0.25, -0.2) is 13.1 Å². The minimum absolute atomic E-state index is 0.134. The number of aromatic nitrogens is 1. The molecule has 0 bridgehead atoms. The third kappa shape index (κ3) is 6.18. The summed E-state index contributed by atoms with van der Waals surface area (Å²) >= 11 is 20.5. The fourth-order valence-electron chi connectivity index (χ4n) is 3.29. The second kappa shape index (κ2) is 11.0. The molecule has 4 aromatic rings. The summed E-state index contributed by atoms with van der Waals surface area (Å²) < 4.78 is 30.4. The summed E-state index contributed by atoms with van der Waals surface area (Å²) in [6.45, 7) is 0.663. The van der Waals surface area contributed by atoms with Crippen molar-refractivity contribution in [2.75, 3.05) is 12.3 Å². The number of hydrogen-bond donors (Lipinski definition) is 1. The molecule has 0 aliphatic rings. The Bertz CT molecular complexity index is 1480. The second-order valence-corrected chi connectivity index (χ2v) is 12.5. The molecule has 1 heterocycles. The molecule has 1 N–H and O–H groups in total. The molecule has 0 fully saturated rings. The lowest BCUT2D eigenvalue weighted by Gasteiger charge is -2.08. The van der Waals surface area contributed by atoms with E-state index in [1.54, 1.807) is 52.7 Å². The molecule has 4 rings (SSSR count). The van der Waals surface area contributed by atoms with Crippen LogP contribution in [-0.4, -0.2) is 25.3 Å². The quantitative estimate of drug-likeness (QED) is 0.239. The molecule has 178 valence electrons. The van der Waals surface area contributed by atoms with E-state index < -0.39 is 10.0 Å². The lowest BCUT2D eigenvalue weighted by molar-refractivity contribution is 0.584. The number of sulfonamides is 1. The molecule has 0 aliphatic heterocycles. The summed E-state index contributed by atoms with van der Waals surface area (Å²) in [5.41, 5.74) is 2.65. The Morgan fingerprint density at radius 1 is 0.912 bits per heavy atom. The van der Waals surface area contributed by atoms with Crippen molar-refractivity contribution < 1.29 is 8.42 Å². The van der Waals surface area contributed by atoms with Crippen molar-refractivity contribution >= 4 is 78.1 Å². The standard InChI is InChI=1S/C23H19Cl3N2O3S3/c24-17-4-1-15(2-5-17)13-28-21-8-6-18(12-22(21)33-23(28)29)34(30,31)27-9-10-32-14-16-3-7-19(25)20(26)11-16/h1-8,11-12,27H,9-10,13-14H2. The lowest BCUT2D eigenvalue weighted by Crippen LogP contribution is -2.26. The van der Waals surface area contributed by atoms with Crippen molar-refractivity contribution in [3.8, 4) is 0 Å². The molecule has 0 amide bonds. The van der Waals surface area contributed by atoms with Gasteiger partial charge in [0.15, 0.2) is 0 Å². The topological polar surface area (TPSA) is 68.2 Å². The molecule has 0 spiro atoms. The maximum atomic E-state index is 12.8. The van der Waals surface area contributed by atoms with E-state index in [9.17, 15) is 13.2 Å². The molecular weight excluding hydrogens is 555 g/mol. The number of fused-ring (bicyclic) bond motifs is 1. The van der Waals surface area contributed by atoms with Crippen LogP contribution in [0.3, 0.4) is 0 Å². The molecule has 0 radical (unpaired) electrons. The summed E-state index contributed by atoms with van der Waals surface area (Å²) in [4.78, 5) is 12.5. The molecule has 34 heavy (non-hydrogen) atoms. The van der Waals surface area contributed by atoms with Crippen LogP contribution in [0.25, 0.3) is 10.2 Å². The van der Waals surface area contributed by atoms with Gasteiger partial charge >= 0.3 is 4.87 Å². The van der Waals surface area contributed by atoms with Gasteiger partial charge in [0.2, 0.25) is 10.0 Å². The number of nitrogens with one attached hydrogen (secondary N) is 1. The molecule has 1 aromatic heterocycles. The Hall–Kier alpha value is -1.52. The maximum Gasteiger partial charge on any atom is 0.308 e. The van der Waals surface area contributed by atoms with Crippen LogP contribution in [-0.2, 0) is 22.3 Å². The maximum absolute atomic E-state index is 12.8. The number of hydrogen-bond acceptors (Lipinski definition) is 5. The van der Waals surface area contributed by atoms with Crippen LogP contribution in [0.4, 0.5) is 0 Å². The summed E-state index contributed by atoms with van der Waals surface area (Å²) in [5.74, 6) is 1.28. The molecule has 0 atom stereocenters. The first-order chi connectivity index (χ1) is 16.2. The minimum Gasteiger partial charge on any atom is -0.294 e. The van der Waals surface area contributed by atoms with E-state index in [-0.39, 0.29) is 16.3 Å². The van der Waals surface area contributed by atoms with Gasteiger partial charge in [-0.05, 0) is 53.6 Å². The van der Waals surface area contributed by atoms with Crippen molar-refractivity contribution in [1.29, 1.82) is 0 Å². The van der Waals surface area contributed by atoms with Crippen molar-refractivity contribution in [3.63, 3.8) is 0 Å². The summed E-state index contributed by atoms with van der Waals surface area (Å²) in [5, 5.41) is 1.63. The van der Waals surface area contributed by atoms with Gasteiger partial charge in [-0.1, -0.05) is 64.3 Å². The number of benzene rings is 3. The average Bonchev–Trinajstić information content (AvgIpc) is 3.11. The van der Waals surface area contributed by atoms with Crippen molar-refractivity contribution in [1.82, 2.24) is 9.29 Å². The van der Waals surface area contributed by atoms with E-state index in [0.29, 0.717) is 43.3 Å². The Morgan fingerprint density at radius 2 is 1.65 bits per heavy atom. The molecular formula is C23H19Cl3N2O3S3. The first-order valence-corrected chi connectivity index (χ1v) is 14.7. The molecule has 3 aromatic carbocycles. The zero-order valence-corrected chi connectivity index (χ0v) is 22.3. The van der Waals surface area contributed by atoms with Gasteiger partial charge in [-0.15, -0.1) is 0 Å². The zero-order valence-electron chi connectivity index (χ0n) is 17.6. The molecule has 0 saturated heterocycles. The fourth-order valence-corrected chi connectivity index (χ4v) is 6.73. The third-order valence-electron chi connectivity index (χ3n) is 5.00. The summed E-state index contributed by atoms with van der Waals surface area (Å²) in [7, 11) is -3.70.